The summed E-state index contributed by atoms with van der Waals surface area (Å²) in [6.45, 7) is 0. The van der Waals surface area contributed by atoms with Crippen LogP contribution in [0, 0.1) is 5.95 Å². The highest BCUT2D eigenvalue weighted by Gasteiger charge is 2.11. The van der Waals surface area contributed by atoms with Crippen LogP contribution in [-0.4, -0.2) is 10.9 Å². The van der Waals surface area contributed by atoms with Crippen LogP contribution in [0.2, 0.25) is 5.02 Å². The van der Waals surface area contributed by atoms with E-state index in [1.54, 1.807) is 6.07 Å². The molecule has 0 atom stereocenters. The minimum absolute atomic E-state index is 0.251. The van der Waals surface area contributed by atoms with Gasteiger partial charge in [0.2, 0.25) is 5.95 Å². The smallest absolute Gasteiger partial charge is 0.257 e. The molecule has 3 N–H and O–H groups in total. The van der Waals surface area contributed by atoms with E-state index in [0.29, 0.717) is 11.4 Å². The van der Waals surface area contributed by atoms with Gasteiger partial charge in [0.25, 0.3) is 5.91 Å². The van der Waals surface area contributed by atoms with Crippen molar-refractivity contribution in [2.45, 2.75) is 0 Å². The number of pyridine rings is 1. The van der Waals surface area contributed by atoms with Crippen LogP contribution in [0.1, 0.15) is 10.4 Å². The van der Waals surface area contributed by atoms with E-state index in [0.717, 1.165) is 6.07 Å². The highest BCUT2D eigenvalue weighted by molar-refractivity contribution is 6.34. The molecule has 92 valence electrons. The van der Waals surface area contributed by atoms with E-state index in [2.05, 4.69) is 10.3 Å². The number of nitrogens with two attached hydrogens (primary N) is 1. The lowest BCUT2D eigenvalue weighted by molar-refractivity contribution is 0.102. The van der Waals surface area contributed by atoms with E-state index >= 15 is 0 Å². The molecule has 1 amide bonds. The maximum absolute atomic E-state index is 12.6. The Morgan fingerprint density at radius 1 is 1.33 bits per heavy atom. The van der Waals surface area contributed by atoms with Crippen LogP contribution in [0.25, 0.3) is 0 Å². The normalized spacial score (nSPS) is 10.1. The number of carbonyl (C=O) groups excluding carboxylic acids is 1. The number of carbonyl (C=O) groups is 1. The highest BCUT2D eigenvalue weighted by atomic mass is 35.5. The van der Waals surface area contributed by atoms with Crippen molar-refractivity contribution < 1.29 is 9.18 Å². The molecule has 0 aliphatic rings. The molecule has 0 saturated heterocycles. The Labute approximate surface area is 108 Å². The number of halogens is 2. The molecule has 0 aliphatic carbocycles. The minimum atomic E-state index is -0.616. The number of hydrogen-bond acceptors (Lipinski definition) is 3. The Morgan fingerprint density at radius 3 is 2.78 bits per heavy atom. The summed E-state index contributed by atoms with van der Waals surface area (Å²) >= 11 is 5.89. The van der Waals surface area contributed by atoms with Gasteiger partial charge in [-0.15, -0.1) is 0 Å². The van der Waals surface area contributed by atoms with E-state index in [1.807, 2.05) is 0 Å². The van der Waals surface area contributed by atoms with Gasteiger partial charge in [0, 0.05) is 5.69 Å². The quantitative estimate of drug-likeness (QED) is 0.648. The van der Waals surface area contributed by atoms with Crippen LogP contribution in [0.5, 0.6) is 0 Å². The van der Waals surface area contributed by atoms with Crippen LogP contribution < -0.4 is 11.1 Å². The van der Waals surface area contributed by atoms with Crippen molar-refractivity contribution in [1.29, 1.82) is 0 Å². The first-order valence-electron chi connectivity index (χ1n) is 5.04. The number of nitrogens with one attached hydrogen (secondary N) is 1. The average molecular weight is 266 g/mol. The molecule has 6 heteroatoms. The second-order valence-corrected chi connectivity index (χ2v) is 3.97. The number of benzene rings is 1. The molecule has 1 aromatic carbocycles. The fraction of sp³-hybridized carbons (Fsp3) is 0. The average Bonchev–Trinajstić information content (AvgIpc) is 2.35. The molecule has 0 unspecified atom stereocenters. The Balaban J connectivity index is 2.21. The Bertz CT molecular complexity index is 586. The zero-order valence-electron chi connectivity index (χ0n) is 9.15. The molecule has 2 aromatic rings. The first-order chi connectivity index (χ1) is 8.56. The summed E-state index contributed by atoms with van der Waals surface area (Å²) in [6.07, 6.45) is 1.22. The molecule has 4 nitrogen and oxygen atoms in total. The van der Waals surface area contributed by atoms with Crippen LogP contribution in [0.4, 0.5) is 15.8 Å². The Hall–Kier alpha value is -2.14. The lowest BCUT2D eigenvalue weighted by atomic mass is 10.2. The highest BCUT2D eigenvalue weighted by Crippen LogP contribution is 2.20. The molecular weight excluding hydrogens is 257 g/mol. The van der Waals surface area contributed by atoms with Gasteiger partial charge in [-0.2, -0.15) is 4.39 Å². The van der Waals surface area contributed by atoms with Crippen molar-refractivity contribution in [3.05, 3.63) is 53.1 Å². The zero-order valence-corrected chi connectivity index (χ0v) is 9.91. The van der Waals surface area contributed by atoms with Crippen molar-refractivity contribution in [1.82, 2.24) is 4.98 Å². The summed E-state index contributed by atoms with van der Waals surface area (Å²) in [7, 11) is 0. The summed E-state index contributed by atoms with van der Waals surface area (Å²) in [6, 6.07) is 7.15. The van der Waals surface area contributed by atoms with Gasteiger partial charge in [-0.05, 0) is 30.3 Å². The van der Waals surface area contributed by atoms with Crippen molar-refractivity contribution in [3.63, 3.8) is 0 Å². The third-order valence-electron chi connectivity index (χ3n) is 2.22. The molecule has 1 aromatic heterocycles. The molecule has 0 fully saturated rings. The topological polar surface area (TPSA) is 68.0 Å². The van der Waals surface area contributed by atoms with Crippen LogP contribution >= 0.6 is 11.6 Å². The first-order valence-corrected chi connectivity index (χ1v) is 5.42. The minimum Gasteiger partial charge on any atom is -0.399 e. The molecular formula is C12H9ClFN3O. The first kappa shape index (κ1) is 12.3. The van der Waals surface area contributed by atoms with Gasteiger partial charge in [0.05, 0.1) is 22.5 Å². The number of rotatable bonds is 2. The van der Waals surface area contributed by atoms with Gasteiger partial charge in [-0.1, -0.05) is 11.6 Å². The van der Waals surface area contributed by atoms with Crippen LogP contribution in [0.3, 0.4) is 0 Å². The number of nitrogen functional groups attached to an aromatic ring is 1. The summed E-state index contributed by atoms with van der Waals surface area (Å²) in [5, 5.41) is 2.83. The predicted octanol–water partition coefficient (Wildman–Crippen LogP) is 2.71. The fourth-order valence-electron chi connectivity index (χ4n) is 1.37. The van der Waals surface area contributed by atoms with E-state index in [-0.39, 0.29) is 10.6 Å². The summed E-state index contributed by atoms with van der Waals surface area (Å²) in [5.74, 6) is -1.05. The van der Waals surface area contributed by atoms with Crippen LogP contribution in [0.15, 0.2) is 36.5 Å². The molecule has 0 aliphatic heterocycles. The molecule has 0 spiro atoms. The predicted molar refractivity (Wildman–Crippen MR) is 68.0 cm³/mol. The van der Waals surface area contributed by atoms with E-state index < -0.39 is 11.9 Å². The molecule has 0 bridgehead atoms. The second kappa shape index (κ2) is 5.01. The SMILES string of the molecule is Nc1ccc(Cl)c(C(=O)Nc2ccc(F)nc2)c1. The van der Waals surface area contributed by atoms with Crippen molar-refractivity contribution in [2.24, 2.45) is 0 Å². The number of hydrogen-bond donors (Lipinski definition) is 2. The summed E-state index contributed by atoms with van der Waals surface area (Å²) < 4.78 is 12.6. The molecule has 0 radical (unpaired) electrons. The Kier molecular flexibility index (Phi) is 3.43. The van der Waals surface area contributed by atoms with Gasteiger partial charge < -0.3 is 11.1 Å². The van der Waals surface area contributed by atoms with Gasteiger partial charge in [-0.25, -0.2) is 4.98 Å². The van der Waals surface area contributed by atoms with Crippen molar-refractivity contribution in [3.8, 4) is 0 Å². The zero-order chi connectivity index (χ0) is 13.1. The summed E-state index contributed by atoms with van der Waals surface area (Å²) in [4.78, 5) is 15.3. The van der Waals surface area contributed by atoms with Gasteiger partial charge in [0.15, 0.2) is 0 Å². The third-order valence-corrected chi connectivity index (χ3v) is 2.55. The molecule has 1 heterocycles. The molecule has 18 heavy (non-hydrogen) atoms. The van der Waals surface area contributed by atoms with Gasteiger partial charge >= 0.3 is 0 Å². The number of anilines is 2. The van der Waals surface area contributed by atoms with E-state index in [9.17, 15) is 9.18 Å². The standard InChI is InChI=1S/C12H9ClFN3O/c13-10-3-1-7(15)5-9(10)12(18)17-8-2-4-11(14)16-6-8/h1-6H,15H2,(H,17,18). The van der Waals surface area contributed by atoms with E-state index in [4.69, 9.17) is 17.3 Å². The van der Waals surface area contributed by atoms with Gasteiger partial charge in [-0.3, -0.25) is 4.79 Å². The Morgan fingerprint density at radius 2 is 2.11 bits per heavy atom. The lowest BCUT2D eigenvalue weighted by Gasteiger charge is -2.07. The maximum Gasteiger partial charge on any atom is 0.257 e. The number of nitrogens with zero attached hydrogens (tertiary/aromatic N) is 1. The lowest BCUT2D eigenvalue weighted by Crippen LogP contribution is -2.13. The van der Waals surface area contributed by atoms with Crippen molar-refractivity contribution >= 4 is 28.9 Å². The summed E-state index contributed by atoms with van der Waals surface area (Å²) in [5.41, 5.74) is 6.64. The molecule has 2 rings (SSSR count). The maximum atomic E-state index is 12.6. The number of aromatic nitrogens is 1. The van der Waals surface area contributed by atoms with Crippen molar-refractivity contribution in [2.75, 3.05) is 11.1 Å². The largest absolute Gasteiger partial charge is 0.399 e. The van der Waals surface area contributed by atoms with E-state index in [1.165, 1.54) is 24.4 Å². The van der Waals surface area contributed by atoms with Gasteiger partial charge in [0.1, 0.15) is 0 Å². The fourth-order valence-corrected chi connectivity index (χ4v) is 1.57. The monoisotopic (exact) mass is 265 g/mol. The number of amides is 1. The molecule has 0 saturated carbocycles. The van der Waals surface area contributed by atoms with Crippen LogP contribution in [-0.2, 0) is 0 Å². The second-order valence-electron chi connectivity index (χ2n) is 3.56. The third kappa shape index (κ3) is 2.75.